The van der Waals surface area contributed by atoms with Crippen molar-refractivity contribution in [2.24, 2.45) is 5.41 Å². The van der Waals surface area contributed by atoms with Crippen LogP contribution < -0.4 is 4.74 Å². The molecule has 0 N–H and O–H groups in total. The van der Waals surface area contributed by atoms with Crippen LogP contribution in [0.3, 0.4) is 0 Å². The average Bonchev–Trinajstić information content (AvgIpc) is 3.27. The summed E-state index contributed by atoms with van der Waals surface area (Å²) >= 11 is 19.4. The number of aromatic nitrogens is 2. The van der Waals surface area contributed by atoms with Gasteiger partial charge in [0.05, 0.1) is 15.0 Å². The first-order valence-electron chi connectivity index (χ1n) is 15.2. The molecule has 0 radical (unpaired) electrons. The van der Waals surface area contributed by atoms with Crippen molar-refractivity contribution in [3.05, 3.63) is 73.0 Å². The molecule has 0 saturated heterocycles. The minimum Gasteiger partial charge on any atom is -0.453 e. The minimum absolute atomic E-state index is 0.0602. The highest BCUT2D eigenvalue weighted by molar-refractivity contribution is 6.40. The van der Waals surface area contributed by atoms with Crippen LogP contribution in [0.25, 0.3) is 5.69 Å². The van der Waals surface area contributed by atoms with Gasteiger partial charge < -0.3 is 4.74 Å². The Morgan fingerprint density at radius 3 is 1.88 bits per heavy atom. The van der Waals surface area contributed by atoms with E-state index in [1.807, 2.05) is 20.8 Å². The van der Waals surface area contributed by atoms with Crippen LogP contribution in [0.15, 0.2) is 36.4 Å². The summed E-state index contributed by atoms with van der Waals surface area (Å²) in [6.07, 6.45) is 13.8. The molecule has 0 aliphatic rings. The summed E-state index contributed by atoms with van der Waals surface area (Å²) in [6.45, 7) is 7.69. The molecule has 0 unspecified atom stereocenters. The molecule has 0 bridgehead atoms. The predicted octanol–water partition coefficient (Wildman–Crippen LogP) is 11.6. The number of aryl methyl sites for hydroxylation is 1. The van der Waals surface area contributed by atoms with Crippen LogP contribution in [0, 0.1) is 15.5 Å². The van der Waals surface area contributed by atoms with E-state index in [1.165, 1.54) is 80.3 Å². The van der Waals surface area contributed by atoms with Gasteiger partial charge in [-0.05, 0) is 37.1 Å². The lowest BCUT2D eigenvalue weighted by Crippen LogP contribution is -2.24. The molecular weight excluding hydrogens is 609 g/mol. The van der Waals surface area contributed by atoms with E-state index in [0.29, 0.717) is 34.3 Å². The van der Waals surface area contributed by atoms with Crippen molar-refractivity contribution in [2.45, 2.75) is 105 Å². The molecule has 0 amide bonds. The van der Waals surface area contributed by atoms with Gasteiger partial charge in [-0.1, -0.05) is 127 Å². The zero-order chi connectivity index (χ0) is 31.6. The number of Topliss-reactive ketones (excluding diaryl/α,β-unsaturated/α-hetero) is 1. The topological polar surface area (TPSA) is 87.3 Å². The number of ether oxygens (including phenoxy) is 1. The molecule has 0 fully saturated rings. The fourth-order valence-corrected chi connectivity index (χ4v) is 5.86. The number of carbonyl (C=O) groups excluding carboxylic acids is 1. The molecule has 0 aliphatic heterocycles. The monoisotopic (exact) mass is 649 g/mol. The number of non-ortho nitro benzene ring substituents is 1. The van der Waals surface area contributed by atoms with E-state index < -0.39 is 10.3 Å². The lowest BCUT2D eigenvalue weighted by atomic mass is 9.88. The number of benzene rings is 2. The van der Waals surface area contributed by atoms with Crippen molar-refractivity contribution < 1.29 is 14.5 Å². The summed E-state index contributed by atoms with van der Waals surface area (Å²) < 4.78 is 7.77. The maximum atomic E-state index is 13.9. The average molecular weight is 651 g/mol. The third-order valence-corrected chi connectivity index (χ3v) is 8.08. The third-order valence-electron chi connectivity index (χ3n) is 7.28. The number of nitro benzene ring substituents is 1. The van der Waals surface area contributed by atoms with E-state index in [-0.39, 0.29) is 27.2 Å². The first kappa shape index (κ1) is 34.9. The maximum absolute atomic E-state index is 13.9. The van der Waals surface area contributed by atoms with Gasteiger partial charge in [0.2, 0.25) is 0 Å². The Kier molecular flexibility index (Phi) is 13.3. The Morgan fingerprint density at radius 1 is 0.884 bits per heavy atom. The van der Waals surface area contributed by atoms with E-state index in [9.17, 15) is 14.9 Å². The predicted molar refractivity (Wildman–Crippen MR) is 176 cm³/mol. The molecule has 0 atom stereocenters. The highest BCUT2D eigenvalue weighted by Crippen LogP contribution is 2.40. The molecule has 0 saturated carbocycles. The summed E-state index contributed by atoms with van der Waals surface area (Å²) in [7, 11) is 0. The number of carbonyl (C=O) groups is 1. The summed E-state index contributed by atoms with van der Waals surface area (Å²) in [5.74, 6) is 0.425. The molecule has 0 aliphatic carbocycles. The van der Waals surface area contributed by atoms with E-state index in [2.05, 4.69) is 6.92 Å². The standard InChI is InChI=1S/C33H42Cl3N3O4/c1-5-6-7-8-9-10-11-12-13-14-15-16-28-31(43-25-19-17-24(18-20-25)39(41)42)30(32(40)33(2,3)4)38(37-28)29-26(35)21-23(34)22-27(29)36/h17-22H,5-16H2,1-4H3. The Balaban J connectivity index is 1.91. The second kappa shape index (κ2) is 16.5. The largest absolute Gasteiger partial charge is 0.453 e. The van der Waals surface area contributed by atoms with Crippen molar-refractivity contribution in [3.8, 4) is 17.2 Å². The van der Waals surface area contributed by atoms with Gasteiger partial charge in [-0.25, -0.2) is 4.68 Å². The normalized spacial score (nSPS) is 11.6. The second-order valence-electron chi connectivity index (χ2n) is 12.0. The number of ketones is 1. The van der Waals surface area contributed by atoms with Crippen LogP contribution in [-0.4, -0.2) is 20.5 Å². The van der Waals surface area contributed by atoms with Gasteiger partial charge in [0, 0.05) is 22.6 Å². The lowest BCUT2D eigenvalue weighted by molar-refractivity contribution is -0.384. The molecule has 3 rings (SSSR count). The van der Waals surface area contributed by atoms with Crippen molar-refractivity contribution in [3.63, 3.8) is 0 Å². The number of unbranched alkanes of at least 4 members (excludes halogenated alkanes) is 10. The molecule has 43 heavy (non-hydrogen) atoms. The highest BCUT2D eigenvalue weighted by Gasteiger charge is 2.34. The second-order valence-corrected chi connectivity index (χ2v) is 13.2. The van der Waals surface area contributed by atoms with E-state index in [0.717, 1.165) is 19.3 Å². The first-order valence-corrected chi connectivity index (χ1v) is 16.3. The third kappa shape index (κ3) is 9.95. The summed E-state index contributed by atoms with van der Waals surface area (Å²) in [5.41, 5.74) is 0.276. The van der Waals surface area contributed by atoms with Crippen LogP contribution in [0.4, 0.5) is 5.69 Å². The van der Waals surface area contributed by atoms with Crippen molar-refractivity contribution >= 4 is 46.3 Å². The van der Waals surface area contributed by atoms with Gasteiger partial charge in [0.25, 0.3) is 5.69 Å². The molecule has 2 aromatic carbocycles. The van der Waals surface area contributed by atoms with Crippen LogP contribution in [0.2, 0.25) is 15.1 Å². The van der Waals surface area contributed by atoms with Crippen molar-refractivity contribution in [1.29, 1.82) is 0 Å². The Hall–Kier alpha value is -2.61. The fraction of sp³-hybridized carbons (Fsp3) is 0.515. The molecular formula is C33H42Cl3N3O4. The van der Waals surface area contributed by atoms with Gasteiger partial charge >= 0.3 is 0 Å². The summed E-state index contributed by atoms with van der Waals surface area (Å²) in [5, 5.41) is 16.9. The van der Waals surface area contributed by atoms with Crippen molar-refractivity contribution in [1.82, 2.24) is 9.78 Å². The summed E-state index contributed by atoms with van der Waals surface area (Å²) in [6, 6.07) is 8.85. The number of halogens is 3. The van der Waals surface area contributed by atoms with Gasteiger partial charge in [-0.2, -0.15) is 5.10 Å². The number of rotatable bonds is 17. The zero-order valence-electron chi connectivity index (χ0n) is 25.6. The van der Waals surface area contributed by atoms with Gasteiger partial charge in [-0.3, -0.25) is 14.9 Å². The van der Waals surface area contributed by atoms with E-state index in [1.54, 1.807) is 12.1 Å². The maximum Gasteiger partial charge on any atom is 0.269 e. The smallest absolute Gasteiger partial charge is 0.269 e. The number of nitrogens with zero attached hydrogens (tertiary/aromatic N) is 3. The molecule has 7 nitrogen and oxygen atoms in total. The van der Waals surface area contributed by atoms with Crippen molar-refractivity contribution in [2.75, 3.05) is 0 Å². The van der Waals surface area contributed by atoms with Crippen LogP contribution in [-0.2, 0) is 6.42 Å². The quantitative estimate of drug-likeness (QED) is 0.0628. The van der Waals surface area contributed by atoms with Crippen LogP contribution in [0.5, 0.6) is 11.5 Å². The molecule has 10 heteroatoms. The Labute approximate surface area is 270 Å². The highest BCUT2D eigenvalue weighted by atomic mass is 35.5. The lowest BCUT2D eigenvalue weighted by Gasteiger charge is -2.19. The molecule has 1 aromatic heterocycles. The molecule has 1 heterocycles. The van der Waals surface area contributed by atoms with Crippen LogP contribution >= 0.6 is 34.8 Å². The van der Waals surface area contributed by atoms with Gasteiger partial charge in [-0.15, -0.1) is 0 Å². The van der Waals surface area contributed by atoms with Crippen LogP contribution in [0.1, 0.15) is 115 Å². The fourth-order valence-electron chi connectivity index (χ4n) is 4.88. The molecule has 234 valence electrons. The number of hydrogen-bond donors (Lipinski definition) is 0. The Bertz CT molecular complexity index is 1360. The zero-order valence-corrected chi connectivity index (χ0v) is 27.8. The number of nitro groups is 1. The van der Waals surface area contributed by atoms with Gasteiger partial charge in [0.1, 0.15) is 17.1 Å². The Morgan fingerprint density at radius 2 is 1.40 bits per heavy atom. The SMILES string of the molecule is CCCCCCCCCCCCCc1nn(-c2c(Cl)cc(Cl)cc2Cl)c(C(=O)C(C)(C)C)c1Oc1ccc([N+](=O)[O-])cc1. The minimum atomic E-state index is -0.787. The first-order chi connectivity index (χ1) is 20.4. The van der Waals surface area contributed by atoms with E-state index in [4.69, 9.17) is 44.6 Å². The molecule has 3 aromatic rings. The summed E-state index contributed by atoms with van der Waals surface area (Å²) in [4.78, 5) is 24.6. The van der Waals surface area contributed by atoms with Gasteiger partial charge in [0.15, 0.2) is 17.2 Å². The molecule has 0 spiro atoms. The van der Waals surface area contributed by atoms with E-state index >= 15 is 0 Å². The number of hydrogen-bond acceptors (Lipinski definition) is 5.